The Balaban J connectivity index is 2.22. The molecule has 1 heterocycles. The molecule has 0 bridgehead atoms. The molecule has 2 atom stereocenters. The maximum absolute atomic E-state index is 13.7. The van der Waals surface area contributed by atoms with E-state index in [9.17, 15) is 4.39 Å². The van der Waals surface area contributed by atoms with E-state index in [-0.39, 0.29) is 23.6 Å². The second-order valence-corrected chi connectivity index (χ2v) is 6.49. The molecule has 0 N–H and O–H groups in total. The Morgan fingerprint density at radius 2 is 2.08 bits per heavy atom. The summed E-state index contributed by atoms with van der Waals surface area (Å²) in [6.07, 6.45) is 0. The summed E-state index contributed by atoms with van der Waals surface area (Å²) in [7, 11) is 1.61. The van der Waals surface area contributed by atoms with Gasteiger partial charge in [-0.15, -0.1) is 10.2 Å². The fourth-order valence-corrected chi connectivity index (χ4v) is 2.99. The summed E-state index contributed by atoms with van der Waals surface area (Å²) >= 11 is 1.31. The van der Waals surface area contributed by atoms with Crippen molar-refractivity contribution >= 4 is 11.8 Å². The first-order chi connectivity index (χ1) is 11.6. The minimum Gasteiger partial charge on any atom is -0.483 e. The highest BCUT2D eigenvalue weighted by Gasteiger charge is 2.20. The first-order valence-electron chi connectivity index (χ1n) is 7.43. The predicted molar refractivity (Wildman–Crippen MR) is 88.3 cm³/mol. The quantitative estimate of drug-likeness (QED) is 0.681. The van der Waals surface area contributed by atoms with Gasteiger partial charge in [0.1, 0.15) is 6.61 Å². The number of methoxy groups -OCH3 is 1. The zero-order chi connectivity index (χ0) is 17.5. The summed E-state index contributed by atoms with van der Waals surface area (Å²) in [5, 5.41) is 17.6. The zero-order valence-electron chi connectivity index (χ0n) is 13.8. The van der Waals surface area contributed by atoms with Crippen LogP contribution in [0.1, 0.15) is 25.7 Å². The number of thioether (sulfide) groups is 1. The molecule has 24 heavy (non-hydrogen) atoms. The van der Waals surface area contributed by atoms with Crippen LogP contribution in [0.25, 0.3) is 0 Å². The average Bonchev–Trinajstić information content (AvgIpc) is 2.96. The highest BCUT2D eigenvalue weighted by Crippen LogP contribution is 2.26. The van der Waals surface area contributed by atoms with E-state index in [2.05, 4.69) is 16.3 Å². The van der Waals surface area contributed by atoms with Crippen molar-refractivity contribution < 1.29 is 13.9 Å². The monoisotopic (exact) mass is 350 g/mol. The lowest BCUT2D eigenvalue weighted by Gasteiger charge is -2.17. The van der Waals surface area contributed by atoms with Gasteiger partial charge < -0.3 is 9.47 Å². The van der Waals surface area contributed by atoms with Gasteiger partial charge in [0.25, 0.3) is 0 Å². The molecule has 128 valence electrons. The standard InChI is InChI=1S/C16H19FN4O2S/c1-11(9-22-3)21-15(19-20-16(21)24-12(2)8-18)10-23-14-7-5-4-6-13(14)17/h4-7,11-12H,9-10H2,1-3H3/t11-,12-/m1/s1. The van der Waals surface area contributed by atoms with Gasteiger partial charge in [-0.2, -0.15) is 5.26 Å². The van der Waals surface area contributed by atoms with Crippen molar-refractivity contribution in [1.82, 2.24) is 14.8 Å². The van der Waals surface area contributed by atoms with E-state index >= 15 is 0 Å². The summed E-state index contributed by atoms with van der Waals surface area (Å²) in [5.74, 6) is 0.280. The van der Waals surface area contributed by atoms with Crippen molar-refractivity contribution in [3.63, 3.8) is 0 Å². The van der Waals surface area contributed by atoms with E-state index in [1.807, 2.05) is 11.5 Å². The first kappa shape index (κ1) is 18.2. The number of nitrogens with zero attached hydrogens (tertiary/aromatic N) is 4. The summed E-state index contributed by atoms with van der Waals surface area (Å²) < 4.78 is 26.3. The molecule has 0 fully saturated rings. The number of rotatable bonds is 8. The SMILES string of the molecule is COC[C@@H](C)n1c(COc2ccccc2F)nnc1S[C@H](C)C#N. The lowest BCUT2D eigenvalue weighted by molar-refractivity contribution is 0.154. The molecule has 0 spiro atoms. The number of nitriles is 1. The molecule has 1 aromatic carbocycles. The molecule has 0 radical (unpaired) electrons. The highest BCUT2D eigenvalue weighted by atomic mass is 32.2. The van der Waals surface area contributed by atoms with Gasteiger partial charge in [-0.3, -0.25) is 4.57 Å². The number of hydrogen-bond donors (Lipinski definition) is 0. The van der Waals surface area contributed by atoms with Crippen LogP contribution < -0.4 is 4.74 Å². The molecule has 0 saturated heterocycles. The summed E-state index contributed by atoms with van der Waals surface area (Å²) in [6.45, 7) is 4.28. The van der Waals surface area contributed by atoms with Gasteiger partial charge in [0.05, 0.1) is 24.0 Å². The van der Waals surface area contributed by atoms with E-state index in [0.29, 0.717) is 17.6 Å². The van der Waals surface area contributed by atoms with E-state index < -0.39 is 5.82 Å². The van der Waals surface area contributed by atoms with E-state index in [1.165, 1.54) is 17.8 Å². The Bertz CT molecular complexity index is 716. The Hall–Kier alpha value is -2.11. The molecular weight excluding hydrogens is 331 g/mol. The van der Waals surface area contributed by atoms with Crippen LogP contribution in [0.15, 0.2) is 29.4 Å². The number of halogens is 1. The van der Waals surface area contributed by atoms with Gasteiger partial charge in [-0.1, -0.05) is 23.9 Å². The van der Waals surface area contributed by atoms with Crippen molar-refractivity contribution in [3.8, 4) is 11.8 Å². The normalized spacial score (nSPS) is 13.3. The van der Waals surface area contributed by atoms with Crippen molar-refractivity contribution in [2.45, 2.75) is 36.9 Å². The molecule has 0 amide bonds. The zero-order valence-corrected chi connectivity index (χ0v) is 14.6. The first-order valence-corrected chi connectivity index (χ1v) is 8.31. The number of ether oxygens (including phenoxy) is 2. The Morgan fingerprint density at radius 1 is 1.33 bits per heavy atom. The third kappa shape index (κ3) is 4.46. The lowest BCUT2D eigenvalue weighted by atomic mass is 10.3. The van der Waals surface area contributed by atoms with Crippen LogP contribution in [0.4, 0.5) is 4.39 Å². The molecule has 0 aliphatic carbocycles. The van der Waals surface area contributed by atoms with Crippen molar-refractivity contribution in [2.24, 2.45) is 0 Å². The van der Waals surface area contributed by atoms with E-state index in [1.54, 1.807) is 32.2 Å². The molecule has 0 unspecified atom stereocenters. The summed E-state index contributed by atoms with van der Waals surface area (Å²) in [5.41, 5.74) is 0. The molecule has 0 saturated carbocycles. The second kappa shape index (κ2) is 8.66. The maximum atomic E-state index is 13.7. The summed E-state index contributed by atoms with van der Waals surface area (Å²) in [4.78, 5) is 0. The Labute approximate surface area is 144 Å². The van der Waals surface area contributed by atoms with Gasteiger partial charge in [-0.25, -0.2) is 4.39 Å². The topological polar surface area (TPSA) is 73.0 Å². The fourth-order valence-electron chi connectivity index (χ4n) is 2.13. The number of benzene rings is 1. The van der Waals surface area contributed by atoms with Crippen LogP contribution in [0.3, 0.4) is 0 Å². The van der Waals surface area contributed by atoms with Crippen molar-refractivity contribution in [1.29, 1.82) is 5.26 Å². The third-order valence-corrected chi connectivity index (χ3v) is 4.19. The van der Waals surface area contributed by atoms with Gasteiger partial charge in [0.2, 0.25) is 0 Å². The van der Waals surface area contributed by atoms with Crippen LogP contribution in [0.2, 0.25) is 0 Å². The minimum atomic E-state index is -0.429. The molecule has 1 aromatic heterocycles. The van der Waals surface area contributed by atoms with Crippen LogP contribution in [-0.4, -0.2) is 33.7 Å². The third-order valence-electron chi connectivity index (χ3n) is 3.24. The molecule has 2 aromatic rings. The Morgan fingerprint density at radius 3 is 2.75 bits per heavy atom. The van der Waals surface area contributed by atoms with Gasteiger partial charge in [0.15, 0.2) is 22.5 Å². The number of aromatic nitrogens is 3. The molecule has 2 rings (SSSR count). The van der Waals surface area contributed by atoms with Gasteiger partial charge in [-0.05, 0) is 26.0 Å². The molecule has 0 aliphatic rings. The van der Waals surface area contributed by atoms with E-state index in [0.717, 1.165) is 0 Å². The van der Waals surface area contributed by atoms with Crippen LogP contribution in [0.5, 0.6) is 5.75 Å². The Kier molecular flexibility index (Phi) is 6.58. The van der Waals surface area contributed by atoms with E-state index in [4.69, 9.17) is 14.7 Å². The van der Waals surface area contributed by atoms with Crippen LogP contribution in [0, 0.1) is 17.1 Å². The smallest absolute Gasteiger partial charge is 0.192 e. The number of para-hydroxylation sites is 1. The lowest BCUT2D eigenvalue weighted by Crippen LogP contribution is -2.17. The molecule has 0 aliphatic heterocycles. The number of hydrogen-bond acceptors (Lipinski definition) is 6. The van der Waals surface area contributed by atoms with Crippen molar-refractivity contribution in [3.05, 3.63) is 35.9 Å². The largest absolute Gasteiger partial charge is 0.483 e. The average molecular weight is 350 g/mol. The predicted octanol–water partition coefficient (Wildman–Crippen LogP) is 3.21. The second-order valence-electron chi connectivity index (χ2n) is 5.18. The molecule has 8 heteroatoms. The van der Waals surface area contributed by atoms with Gasteiger partial charge in [0, 0.05) is 7.11 Å². The summed E-state index contributed by atoms with van der Waals surface area (Å²) in [6, 6.07) is 8.31. The maximum Gasteiger partial charge on any atom is 0.192 e. The minimum absolute atomic E-state index is 0.0439. The van der Waals surface area contributed by atoms with Crippen LogP contribution >= 0.6 is 11.8 Å². The fraction of sp³-hybridized carbons (Fsp3) is 0.438. The molecule has 6 nitrogen and oxygen atoms in total. The van der Waals surface area contributed by atoms with Gasteiger partial charge >= 0.3 is 0 Å². The highest BCUT2D eigenvalue weighted by molar-refractivity contribution is 8.00. The molecular formula is C16H19FN4O2S. The van der Waals surface area contributed by atoms with Crippen molar-refractivity contribution in [2.75, 3.05) is 13.7 Å². The van der Waals surface area contributed by atoms with Crippen LogP contribution in [-0.2, 0) is 11.3 Å².